The van der Waals surface area contributed by atoms with Crippen LogP contribution in [0.3, 0.4) is 0 Å². The Hall–Kier alpha value is -0.790. The minimum absolute atomic E-state index is 0.0843. The third-order valence-corrected chi connectivity index (χ3v) is 1.84. The normalized spacial score (nSPS) is 12.2. The van der Waals surface area contributed by atoms with Gasteiger partial charge in [0.15, 0.2) is 0 Å². The summed E-state index contributed by atoms with van der Waals surface area (Å²) in [5, 5.41) is 0. The van der Waals surface area contributed by atoms with Crippen LogP contribution in [0, 0.1) is 0 Å². The number of carbonyl (C=O) groups is 1. The van der Waals surface area contributed by atoms with Crippen molar-refractivity contribution in [2.75, 3.05) is 0 Å². The van der Waals surface area contributed by atoms with Gasteiger partial charge in [-0.15, -0.1) is 0 Å². The van der Waals surface area contributed by atoms with E-state index in [1.165, 1.54) is 0 Å². The molecule has 0 aromatic carbocycles. The van der Waals surface area contributed by atoms with E-state index in [1.54, 1.807) is 6.08 Å². The first kappa shape index (κ1) is 12.2. The van der Waals surface area contributed by atoms with Crippen molar-refractivity contribution in [2.24, 2.45) is 0 Å². The van der Waals surface area contributed by atoms with Crippen LogP contribution in [-0.2, 0) is 9.53 Å². The molecule has 0 unspecified atom stereocenters. The van der Waals surface area contributed by atoms with Crippen molar-refractivity contribution in [3.05, 3.63) is 12.7 Å². The minimum Gasteiger partial charge on any atom is -0.458 e. The highest BCUT2D eigenvalue weighted by molar-refractivity contribution is 5.69. The zero-order chi connectivity index (χ0) is 10.1. The Bertz CT molecular complexity index is 152. The van der Waals surface area contributed by atoms with Crippen molar-refractivity contribution in [3.8, 4) is 0 Å². The Morgan fingerprint density at radius 1 is 1.46 bits per heavy atom. The first-order chi connectivity index (χ1) is 6.24. The number of esters is 1. The molecule has 0 bridgehead atoms. The molecule has 1 atom stereocenters. The fourth-order valence-electron chi connectivity index (χ4n) is 1.06. The first-order valence-corrected chi connectivity index (χ1v) is 5.06. The molecular formula is C11H20O2. The molecule has 0 aliphatic heterocycles. The van der Waals surface area contributed by atoms with Gasteiger partial charge in [0.05, 0.1) is 0 Å². The molecule has 0 aliphatic carbocycles. The standard InChI is InChI=1S/C11H20O2/c1-4-7-9-10(6-3)13-11(12)8-5-2/h6,10H,3-5,7-9H2,1-2H3/t10-/m1/s1. The van der Waals surface area contributed by atoms with Gasteiger partial charge >= 0.3 is 5.97 Å². The summed E-state index contributed by atoms with van der Waals surface area (Å²) in [6.45, 7) is 7.74. The highest BCUT2D eigenvalue weighted by Crippen LogP contribution is 2.07. The van der Waals surface area contributed by atoms with E-state index in [0.717, 1.165) is 25.7 Å². The Balaban J connectivity index is 3.69. The van der Waals surface area contributed by atoms with Gasteiger partial charge < -0.3 is 4.74 Å². The summed E-state index contributed by atoms with van der Waals surface area (Å²) in [6.07, 6.45) is 6.08. The molecule has 0 saturated carbocycles. The molecule has 0 heterocycles. The van der Waals surface area contributed by atoms with Crippen LogP contribution in [0.15, 0.2) is 12.7 Å². The predicted octanol–water partition coefficient (Wildman–Crippen LogP) is 3.07. The Morgan fingerprint density at radius 3 is 2.62 bits per heavy atom. The van der Waals surface area contributed by atoms with Crippen LogP contribution in [0.4, 0.5) is 0 Å². The van der Waals surface area contributed by atoms with Crippen LogP contribution in [0.25, 0.3) is 0 Å². The summed E-state index contributed by atoms with van der Waals surface area (Å²) in [5.41, 5.74) is 0. The second-order valence-corrected chi connectivity index (χ2v) is 3.16. The van der Waals surface area contributed by atoms with Crippen molar-refractivity contribution in [2.45, 2.75) is 52.1 Å². The highest BCUT2D eigenvalue weighted by Gasteiger charge is 2.08. The summed E-state index contributed by atoms with van der Waals surface area (Å²) in [5.74, 6) is -0.108. The summed E-state index contributed by atoms with van der Waals surface area (Å²) < 4.78 is 5.19. The summed E-state index contributed by atoms with van der Waals surface area (Å²) in [4.78, 5) is 11.1. The third-order valence-electron chi connectivity index (χ3n) is 1.84. The maximum Gasteiger partial charge on any atom is 0.306 e. The fourth-order valence-corrected chi connectivity index (χ4v) is 1.06. The third kappa shape index (κ3) is 6.38. The topological polar surface area (TPSA) is 26.3 Å². The van der Waals surface area contributed by atoms with Crippen molar-refractivity contribution in [1.29, 1.82) is 0 Å². The van der Waals surface area contributed by atoms with Crippen LogP contribution in [-0.4, -0.2) is 12.1 Å². The van der Waals surface area contributed by atoms with E-state index in [2.05, 4.69) is 13.5 Å². The van der Waals surface area contributed by atoms with Crippen molar-refractivity contribution in [1.82, 2.24) is 0 Å². The number of hydrogen-bond donors (Lipinski definition) is 0. The van der Waals surface area contributed by atoms with Gasteiger partial charge in [-0.25, -0.2) is 0 Å². The molecule has 0 fully saturated rings. The quantitative estimate of drug-likeness (QED) is 0.449. The molecule has 0 N–H and O–H groups in total. The van der Waals surface area contributed by atoms with Crippen LogP contribution in [0.2, 0.25) is 0 Å². The van der Waals surface area contributed by atoms with Gasteiger partial charge in [-0.3, -0.25) is 4.79 Å². The maximum absolute atomic E-state index is 11.1. The first-order valence-electron chi connectivity index (χ1n) is 5.06. The van der Waals surface area contributed by atoms with Gasteiger partial charge in [0, 0.05) is 6.42 Å². The summed E-state index contributed by atoms with van der Waals surface area (Å²) in [7, 11) is 0. The molecule has 0 amide bonds. The van der Waals surface area contributed by atoms with E-state index in [0.29, 0.717) is 6.42 Å². The van der Waals surface area contributed by atoms with Crippen LogP contribution < -0.4 is 0 Å². The summed E-state index contributed by atoms with van der Waals surface area (Å²) >= 11 is 0. The molecule has 0 rings (SSSR count). The molecule has 0 saturated heterocycles. The monoisotopic (exact) mass is 184 g/mol. The van der Waals surface area contributed by atoms with E-state index < -0.39 is 0 Å². The minimum atomic E-state index is -0.108. The van der Waals surface area contributed by atoms with Gasteiger partial charge in [-0.2, -0.15) is 0 Å². The van der Waals surface area contributed by atoms with Crippen LogP contribution in [0.1, 0.15) is 46.0 Å². The van der Waals surface area contributed by atoms with Gasteiger partial charge in [0.2, 0.25) is 0 Å². The molecule has 0 aromatic heterocycles. The molecular weight excluding hydrogens is 164 g/mol. The molecule has 76 valence electrons. The zero-order valence-corrected chi connectivity index (χ0v) is 8.71. The van der Waals surface area contributed by atoms with Gasteiger partial charge in [-0.1, -0.05) is 32.9 Å². The van der Waals surface area contributed by atoms with Gasteiger partial charge in [-0.05, 0) is 19.3 Å². The van der Waals surface area contributed by atoms with Crippen molar-refractivity contribution < 1.29 is 9.53 Å². The molecule has 0 radical (unpaired) electrons. The van der Waals surface area contributed by atoms with Crippen LogP contribution >= 0.6 is 0 Å². The lowest BCUT2D eigenvalue weighted by Crippen LogP contribution is -2.15. The lowest BCUT2D eigenvalue weighted by atomic mass is 10.1. The number of hydrogen-bond acceptors (Lipinski definition) is 2. The predicted molar refractivity (Wildman–Crippen MR) is 54.5 cm³/mol. The van der Waals surface area contributed by atoms with E-state index in [1.807, 2.05) is 6.92 Å². The largest absolute Gasteiger partial charge is 0.458 e. The van der Waals surface area contributed by atoms with E-state index in [-0.39, 0.29) is 12.1 Å². The second-order valence-electron chi connectivity index (χ2n) is 3.16. The SMILES string of the molecule is C=C[C@H](CCCC)OC(=O)CCC. The number of ether oxygens (including phenoxy) is 1. The lowest BCUT2D eigenvalue weighted by molar-refractivity contribution is -0.147. The molecule has 2 heteroatoms. The van der Waals surface area contributed by atoms with E-state index >= 15 is 0 Å². The van der Waals surface area contributed by atoms with Gasteiger partial charge in [0.25, 0.3) is 0 Å². The molecule has 0 aromatic rings. The zero-order valence-electron chi connectivity index (χ0n) is 8.71. The molecule has 2 nitrogen and oxygen atoms in total. The van der Waals surface area contributed by atoms with Crippen molar-refractivity contribution in [3.63, 3.8) is 0 Å². The van der Waals surface area contributed by atoms with E-state index in [9.17, 15) is 4.79 Å². The Kier molecular flexibility index (Phi) is 7.36. The fraction of sp³-hybridized carbons (Fsp3) is 0.727. The molecule has 0 spiro atoms. The number of unbranched alkanes of at least 4 members (excludes halogenated alkanes) is 1. The average molecular weight is 184 g/mol. The smallest absolute Gasteiger partial charge is 0.306 e. The summed E-state index contributed by atoms with van der Waals surface area (Å²) in [6, 6.07) is 0. The Labute approximate surface area is 81.0 Å². The lowest BCUT2D eigenvalue weighted by Gasteiger charge is -2.12. The van der Waals surface area contributed by atoms with Crippen molar-refractivity contribution >= 4 is 5.97 Å². The Morgan fingerprint density at radius 2 is 2.15 bits per heavy atom. The van der Waals surface area contributed by atoms with Gasteiger partial charge in [0.1, 0.15) is 6.10 Å². The molecule has 0 aliphatic rings. The average Bonchev–Trinajstić information content (AvgIpc) is 2.12. The second kappa shape index (κ2) is 7.84. The highest BCUT2D eigenvalue weighted by atomic mass is 16.5. The number of carbonyl (C=O) groups excluding carboxylic acids is 1. The van der Waals surface area contributed by atoms with Crippen LogP contribution in [0.5, 0.6) is 0 Å². The maximum atomic E-state index is 11.1. The van der Waals surface area contributed by atoms with E-state index in [4.69, 9.17) is 4.74 Å². The molecule has 13 heavy (non-hydrogen) atoms. The number of rotatable bonds is 7.